The Hall–Kier alpha value is -3.20. The lowest BCUT2D eigenvalue weighted by Crippen LogP contribution is -2.43. The molecule has 0 saturated carbocycles. The molecule has 2 aromatic heterocycles. The lowest BCUT2D eigenvalue weighted by molar-refractivity contribution is 0.0169. The maximum atomic E-state index is 13.5. The van der Waals surface area contributed by atoms with Crippen molar-refractivity contribution in [1.29, 1.82) is 0 Å². The van der Waals surface area contributed by atoms with Crippen LogP contribution in [0.5, 0.6) is 5.75 Å². The van der Waals surface area contributed by atoms with Crippen molar-refractivity contribution in [2.45, 2.75) is 26.5 Å². The number of nitrogens with one attached hydrogen (secondary N) is 1. The third kappa shape index (κ3) is 5.24. The molecule has 1 N–H and O–H groups in total. The molecule has 2 aromatic carbocycles. The first-order chi connectivity index (χ1) is 17.1. The van der Waals surface area contributed by atoms with Gasteiger partial charge in [0.05, 0.1) is 36.1 Å². The van der Waals surface area contributed by atoms with Gasteiger partial charge < -0.3 is 19.3 Å². The molecule has 1 fully saturated rings. The minimum atomic E-state index is -0.153. The van der Waals surface area contributed by atoms with Gasteiger partial charge in [0.15, 0.2) is 0 Å². The van der Waals surface area contributed by atoms with Gasteiger partial charge >= 0.3 is 0 Å². The lowest BCUT2D eigenvalue weighted by Gasteiger charge is -2.34. The van der Waals surface area contributed by atoms with E-state index < -0.39 is 0 Å². The van der Waals surface area contributed by atoms with E-state index in [9.17, 15) is 4.79 Å². The molecule has 1 saturated heterocycles. The number of nitrogens with zero attached hydrogens (tertiary/aromatic N) is 2. The molecule has 35 heavy (non-hydrogen) atoms. The summed E-state index contributed by atoms with van der Waals surface area (Å²) in [4.78, 5) is 17.1. The van der Waals surface area contributed by atoms with Crippen molar-refractivity contribution >= 4 is 28.0 Å². The number of morpholine rings is 1. The lowest BCUT2D eigenvalue weighted by atomic mass is 10.0. The van der Waals surface area contributed by atoms with Gasteiger partial charge in [0.1, 0.15) is 18.1 Å². The van der Waals surface area contributed by atoms with E-state index >= 15 is 0 Å². The summed E-state index contributed by atoms with van der Waals surface area (Å²) in [5, 5.41) is 11.3. The maximum Gasteiger partial charge on any atom is 0.255 e. The highest BCUT2D eigenvalue weighted by atomic mass is 32.1. The molecule has 0 spiro atoms. The van der Waals surface area contributed by atoms with Crippen LogP contribution >= 0.6 is 11.3 Å². The molecule has 1 amide bonds. The molecule has 8 heteroatoms. The summed E-state index contributed by atoms with van der Waals surface area (Å²) in [5.41, 5.74) is 2.20. The first-order valence-electron chi connectivity index (χ1n) is 11.8. The van der Waals surface area contributed by atoms with Crippen molar-refractivity contribution in [2.75, 3.05) is 32.8 Å². The molecular formula is C27H29N3O4S. The van der Waals surface area contributed by atoms with E-state index in [1.807, 2.05) is 50.2 Å². The fourth-order valence-electron chi connectivity index (χ4n) is 4.44. The third-order valence-corrected chi connectivity index (χ3v) is 7.43. The Morgan fingerprint density at radius 1 is 1.14 bits per heavy atom. The normalized spacial score (nSPS) is 15.3. The Bertz CT molecular complexity index is 1280. The Morgan fingerprint density at radius 3 is 2.60 bits per heavy atom. The maximum absolute atomic E-state index is 13.5. The molecule has 0 bridgehead atoms. The summed E-state index contributed by atoms with van der Waals surface area (Å²) in [6, 6.07) is 16.1. The number of rotatable bonds is 8. The molecule has 5 rings (SSSR count). The zero-order valence-electron chi connectivity index (χ0n) is 20.0. The highest BCUT2D eigenvalue weighted by Gasteiger charge is 2.25. The molecule has 1 atom stereocenters. The fourth-order valence-corrected chi connectivity index (χ4v) is 5.30. The molecule has 0 radical (unpaired) electrons. The predicted octanol–water partition coefficient (Wildman–Crippen LogP) is 4.89. The summed E-state index contributed by atoms with van der Waals surface area (Å²) >= 11 is 1.71. The van der Waals surface area contributed by atoms with Gasteiger partial charge in [-0.1, -0.05) is 35.5 Å². The Labute approximate surface area is 208 Å². The van der Waals surface area contributed by atoms with Gasteiger partial charge in [-0.3, -0.25) is 9.69 Å². The van der Waals surface area contributed by atoms with Crippen LogP contribution in [0, 0.1) is 13.8 Å². The van der Waals surface area contributed by atoms with Crippen LogP contribution in [0.15, 0.2) is 58.4 Å². The van der Waals surface area contributed by atoms with Crippen LogP contribution in [0.3, 0.4) is 0 Å². The number of thiophene rings is 1. The monoisotopic (exact) mass is 491 g/mol. The summed E-state index contributed by atoms with van der Waals surface area (Å²) in [5.74, 6) is 1.11. The van der Waals surface area contributed by atoms with Crippen LogP contribution in [0.1, 0.15) is 38.3 Å². The molecule has 3 heterocycles. The molecule has 0 unspecified atom stereocenters. The third-order valence-electron chi connectivity index (χ3n) is 6.46. The van der Waals surface area contributed by atoms with Gasteiger partial charge in [0, 0.05) is 24.5 Å². The minimum absolute atomic E-state index is 0.106. The van der Waals surface area contributed by atoms with E-state index in [0.29, 0.717) is 31.1 Å². The van der Waals surface area contributed by atoms with E-state index in [4.69, 9.17) is 14.0 Å². The zero-order valence-corrected chi connectivity index (χ0v) is 20.8. The molecule has 1 aliphatic rings. The van der Waals surface area contributed by atoms with Gasteiger partial charge in [0.2, 0.25) is 0 Å². The van der Waals surface area contributed by atoms with Gasteiger partial charge in [0.25, 0.3) is 5.91 Å². The van der Waals surface area contributed by atoms with Crippen molar-refractivity contribution in [3.05, 3.63) is 81.4 Å². The number of benzene rings is 2. The van der Waals surface area contributed by atoms with Gasteiger partial charge in [-0.15, -0.1) is 11.3 Å². The molecule has 0 aliphatic carbocycles. The molecule has 7 nitrogen and oxygen atoms in total. The highest BCUT2D eigenvalue weighted by molar-refractivity contribution is 7.10. The second kappa shape index (κ2) is 10.6. The van der Waals surface area contributed by atoms with Gasteiger partial charge in [-0.05, 0) is 48.2 Å². The molecule has 4 aromatic rings. The van der Waals surface area contributed by atoms with Crippen molar-refractivity contribution in [1.82, 2.24) is 15.4 Å². The SMILES string of the molecule is Cc1noc(C)c1COc1cc2ccccc2cc1C(=O)NC[C@@H](c1cccs1)N1CCOCC1. The Morgan fingerprint density at radius 2 is 1.91 bits per heavy atom. The minimum Gasteiger partial charge on any atom is -0.488 e. The van der Waals surface area contributed by atoms with Crippen molar-refractivity contribution in [3.8, 4) is 5.75 Å². The first kappa shape index (κ1) is 23.5. The van der Waals surface area contributed by atoms with Crippen LogP contribution in [-0.4, -0.2) is 48.8 Å². The zero-order chi connectivity index (χ0) is 24.2. The standard InChI is InChI=1S/C27H29N3O4S/c1-18-23(19(2)34-29-18)17-33-25-15-21-7-4-3-6-20(21)14-22(25)27(31)28-16-24(26-8-5-13-35-26)30-9-11-32-12-10-30/h3-8,13-15,24H,9-12,16-17H2,1-2H3,(H,28,31)/t24-/m0/s1. The van der Waals surface area contributed by atoms with Gasteiger partial charge in [-0.25, -0.2) is 0 Å². The largest absolute Gasteiger partial charge is 0.488 e. The van der Waals surface area contributed by atoms with Gasteiger partial charge in [-0.2, -0.15) is 0 Å². The molecule has 182 valence electrons. The average molecular weight is 492 g/mol. The van der Waals surface area contributed by atoms with E-state index in [-0.39, 0.29) is 18.6 Å². The quantitative estimate of drug-likeness (QED) is 0.378. The summed E-state index contributed by atoms with van der Waals surface area (Å²) in [6.45, 7) is 7.66. The first-order valence-corrected chi connectivity index (χ1v) is 12.7. The van der Waals surface area contributed by atoms with Crippen LogP contribution < -0.4 is 10.1 Å². The number of carbonyl (C=O) groups is 1. The van der Waals surface area contributed by atoms with Crippen LogP contribution in [0.4, 0.5) is 0 Å². The predicted molar refractivity (Wildman–Crippen MR) is 136 cm³/mol. The smallest absolute Gasteiger partial charge is 0.255 e. The summed E-state index contributed by atoms with van der Waals surface area (Å²) in [6.07, 6.45) is 0. The highest BCUT2D eigenvalue weighted by Crippen LogP contribution is 2.29. The number of carbonyl (C=O) groups excluding carboxylic acids is 1. The number of aryl methyl sites for hydroxylation is 2. The number of amides is 1. The van der Waals surface area contributed by atoms with Crippen LogP contribution in [0.2, 0.25) is 0 Å². The van der Waals surface area contributed by atoms with E-state index in [2.05, 4.69) is 32.9 Å². The van der Waals surface area contributed by atoms with Crippen molar-refractivity contribution < 1.29 is 18.8 Å². The number of fused-ring (bicyclic) bond motifs is 1. The van der Waals surface area contributed by atoms with Crippen LogP contribution in [0.25, 0.3) is 10.8 Å². The number of aromatic nitrogens is 1. The fraction of sp³-hybridized carbons (Fsp3) is 0.333. The molecular weight excluding hydrogens is 462 g/mol. The van der Waals surface area contributed by atoms with Crippen LogP contribution in [-0.2, 0) is 11.3 Å². The average Bonchev–Trinajstić information content (AvgIpc) is 3.53. The topological polar surface area (TPSA) is 76.8 Å². The van der Waals surface area contributed by atoms with Crippen molar-refractivity contribution in [3.63, 3.8) is 0 Å². The Balaban J connectivity index is 1.39. The number of hydrogen-bond donors (Lipinski definition) is 1. The summed E-state index contributed by atoms with van der Waals surface area (Å²) < 4.78 is 17.0. The van der Waals surface area contributed by atoms with E-state index in [1.165, 1.54) is 4.88 Å². The number of hydrogen-bond acceptors (Lipinski definition) is 7. The molecule has 1 aliphatic heterocycles. The summed E-state index contributed by atoms with van der Waals surface area (Å²) in [7, 11) is 0. The van der Waals surface area contributed by atoms with E-state index in [0.717, 1.165) is 40.9 Å². The second-order valence-corrected chi connectivity index (χ2v) is 9.66. The Kier molecular flexibility index (Phi) is 7.13. The second-order valence-electron chi connectivity index (χ2n) is 8.68. The number of ether oxygens (including phenoxy) is 2. The van der Waals surface area contributed by atoms with Crippen molar-refractivity contribution in [2.24, 2.45) is 0 Å². The van der Waals surface area contributed by atoms with E-state index in [1.54, 1.807) is 11.3 Å².